The first-order valence-electron chi connectivity index (χ1n) is 7.81. The zero-order valence-electron chi connectivity index (χ0n) is 15.9. The van der Waals surface area contributed by atoms with Crippen molar-refractivity contribution in [1.29, 1.82) is 0 Å². The molecule has 12 nitrogen and oxygen atoms in total. The molecule has 2 aliphatic heterocycles. The minimum atomic E-state index is -3.22. The molecule has 2 heterocycles. The number of carbonyl (C=O) groups is 6. The van der Waals surface area contributed by atoms with Crippen LogP contribution in [0.15, 0.2) is 0 Å². The summed E-state index contributed by atoms with van der Waals surface area (Å²) >= 11 is -6.44. The van der Waals surface area contributed by atoms with Gasteiger partial charge in [0.05, 0.1) is 0 Å². The van der Waals surface area contributed by atoms with Crippen molar-refractivity contribution in [3.63, 3.8) is 0 Å². The van der Waals surface area contributed by atoms with Crippen molar-refractivity contribution in [2.45, 2.75) is 31.5 Å². The van der Waals surface area contributed by atoms with Gasteiger partial charge in [0.2, 0.25) is 0 Å². The average Bonchev–Trinajstić information content (AvgIpc) is 3.29. The van der Waals surface area contributed by atoms with E-state index in [0.29, 0.717) is 0 Å². The molecule has 0 saturated carbocycles. The largest absolute Gasteiger partial charge is 1.00 e. The van der Waals surface area contributed by atoms with Crippen LogP contribution in [0.25, 0.3) is 0 Å². The number of aliphatic carboxylic acids is 6. The Morgan fingerprint density at radius 2 is 0.758 bits per heavy atom. The molecule has 6 atom stereocenters. The van der Waals surface area contributed by atoms with Gasteiger partial charge in [0.25, 0.3) is 0 Å². The zero-order chi connectivity index (χ0) is 24.3. The van der Waals surface area contributed by atoms with Crippen LogP contribution in [0.3, 0.4) is 0 Å². The first-order valence-corrected chi connectivity index (χ1v) is 38.4. The molecule has 2 rings (SSSR count). The van der Waals surface area contributed by atoms with Gasteiger partial charge in [0, 0.05) is 0 Å². The summed E-state index contributed by atoms with van der Waals surface area (Å²) in [4.78, 5) is 69.1. The molecule has 178 valence electrons. The van der Waals surface area contributed by atoms with Crippen molar-refractivity contribution in [2.75, 3.05) is 0 Å². The quantitative estimate of drug-likeness (QED) is 0.114. The summed E-state index contributed by atoms with van der Waals surface area (Å²) in [7, 11) is 5.30. The van der Waals surface area contributed by atoms with Crippen LogP contribution in [-0.2, 0) is 28.8 Å². The van der Waals surface area contributed by atoms with Crippen LogP contribution in [0.4, 0.5) is 0 Å². The molecule has 2 saturated heterocycles. The summed E-state index contributed by atoms with van der Waals surface area (Å²) in [6.07, 6.45) is 0. The van der Waals surface area contributed by atoms with Crippen LogP contribution in [0.2, 0.25) is 0 Å². The van der Waals surface area contributed by atoms with Crippen molar-refractivity contribution in [3.8, 4) is 0 Å². The van der Waals surface area contributed by atoms with E-state index in [0.717, 1.165) is 51.1 Å². The molecule has 21 heteroatoms. The fourth-order valence-electron chi connectivity index (χ4n) is 2.08. The molecule has 0 aromatic rings. The first-order chi connectivity index (χ1) is 14.8. The monoisotopic (exact) mass is 981 g/mol. The topological polar surface area (TPSA) is 224 Å². The number of carboxylic acids is 6. The van der Waals surface area contributed by atoms with Gasteiger partial charge in [-0.3, -0.25) is 0 Å². The second-order valence-electron chi connectivity index (χ2n) is 5.63. The second-order valence-corrected chi connectivity index (χ2v) is 59.6. The predicted octanol–water partition coefficient (Wildman–Crippen LogP) is -2.89. The molecule has 0 aromatic carbocycles. The van der Waals surface area contributed by atoms with Gasteiger partial charge in [-0.05, 0) is 0 Å². The maximum atomic E-state index is 11.9. The first kappa shape index (κ1) is 32.7. The Labute approximate surface area is 238 Å². The Morgan fingerprint density at radius 1 is 0.545 bits per heavy atom. The molecule has 0 spiro atoms. The van der Waals surface area contributed by atoms with Crippen molar-refractivity contribution in [3.05, 3.63) is 0 Å². The van der Waals surface area contributed by atoms with Crippen LogP contribution >= 0.6 is 51.1 Å². The molecule has 0 amide bonds. The van der Waals surface area contributed by atoms with E-state index in [2.05, 4.69) is 0 Å². The molecular weight excluding hydrogens is 969 g/mol. The third kappa shape index (κ3) is 8.89. The fourth-order valence-corrected chi connectivity index (χ4v) is 80.9. The van der Waals surface area contributed by atoms with E-state index in [1.54, 1.807) is 0 Å². The van der Waals surface area contributed by atoms with E-state index in [-0.39, 0.29) is 29.6 Å². The van der Waals surface area contributed by atoms with E-state index < -0.39 is 102 Å². The van der Waals surface area contributed by atoms with E-state index in [1.807, 2.05) is 0 Å². The average molecular weight is 982 g/mol. The summed E-state index contributed by atoms with van der Waals surface area (Å²) in [5.41, 5.74) is 0. The third-order valence-corrected chi connectivity index (χ3v) is 64.4. The van der Waals surface area contributed by atoms with Crippen molar-refractivity contribution in [1.82, 2.24) is 0 Å². The molecule has 2 aliphatic rings. The van der Waals surface area contributed by atoms with Gasteiger partial charge in [-0.2, -0.15) is 0 Å². The number of hydrogen-bond donors (Lipinski definition) is 6. The predicted molar refractivity (Wildman–Crippen MR) is 126 cm³/mol. The summed E-state index contributed by atoms with van der Waals surface area (Å²) < 4.78 is 0. The van der Waals surface area contributed by atoms with E-state index >= 15 is 0 Å². The number of hydrogen-bond acceptors (Lipinski definition) is 12. The van der Waals surface area contributed by atoms with Crippen LogP contribution in [0.5, 0.6) is 0 Å². The number of carboxylic acid groups (broad SMARTS) is 6. The molecule has 0 aliphatic carbocycles. The SMILES string of the molecule is O=C(O)C1[S][Bi]([S]C(C(=O)O)C([S][Bi]2[S]C(C(=O)O)C(C(=O)O)[S]2)C(=O)O)[S]C1C(=O)O.[Na+]. The van der Waals surface area contributed by atoms with Gasteiger partial charge < -0.3 is 0 Å². The zero-order valence-corrected chi connectivity index (χ0v) is 29.8. The van der Waals surface area contributed by atoms with Crippen LogP contribution in [0.1, 0.15) is 0 Å². The fraction of sp³-hybridized carbons (Fsp3) is 0.500. The van der Waals surface area contributed by atoms with E-state index in [1.165, 1.54) is 0 Å². The molecule has 2 fully saturated rings. The summed E-state index contributed by atoms with van der Waals surface area (Å²) in [6.45, 7) is 0. The minimum Gasteiger partial charge on any atom is 1.00 e. The molecule has 33 heavy (non-hydrogen) atoms. The van der Waals surface area contributed by atoms with Crippen molar-refractivity contribution in [2.24, 2.45) is 0 Å². The van der Waals surface area contributed by atoms with Crippen LogP contribution in [0, 0.1) is 0 Å². The standard InChI is InChI=1S/3C4H6O4S2.2Bi.Na/c3*5-3(6)1(9)2(10)4(7)8;;;/h3*1-2,9-10H,(H,5,6)(H,7,8);;;/q;;;2*+3;+1/p-6. The molecule has 6 unspecified atom stereocenters. The van der Waals surface area contributed by atoms with Crippen LogP contribution < -0.4 is 29.6 Å². The van der Waals surface area contributed by atoms with Gasteiger partial charge in [0.1, 0.15) is 0 Å². The summed E-state index contributed by atoms with van der Waals surface area (Å²) in [5, 5.41) is 48.3. The summed E-state index contributed by atoms with van der Waals surface area (Å²) in [6, 6.07) is 0. The Bertz CT molecular complexity index is 727. The Morgan fingerprint density at radius 3 is 0.909 bits per heavy atom. The van der Waals surface area contributed by atoms with Gasteiger partial charge in [0.15, 0.2) is 0 Å². The van der Waals surface area contributed by atoms with Gasteiger partial charge in [-0.25, -0.2) is 0 Å². The normalized spacial score (nSPS) is 27.3. The Hall–Kier alpha value is 1.69. The Kier molecular flexibility index (Phi) is 14.5. The third-order valence-electron chi connectivity index (χ3n) is 3.48. The smallest absolute Gasteiger partial charge is 1.00 e. The number of rotatable bonds is 11. The van der Waals surface area contributed by atoms with E-state index in [4.69, 9.17) is 0 Å². The maximum Gasteiger partial charge on any atom is 1.00 e. The van der Waals surface area contributed by atoms with E-state index in [9.17, 15) is 59.4 Å². The molecule has 0 aromatic heterocycles. The van der Waals surface area contributed by atoms with Crippen LogP contribution in [-0.4, -0.2) is 133 Å². The van der Waals surface area contributed by atoms with Gasteiger partial charge in [-0.15, -0.1) is 0 Å². The van der Waals surface area contributed by atoms with Gasteiger partial charge >= 0.3 is 242 Å². The molecule has 6 N–H and O–H groups in total. The minimum absolute atomic E-state index is 0. The van der Waals surface area contributed by atoms with Gasteiger partial charge in [-0.1, -0.05) is 0 Å². The van der Waals surface area contributed by atoms with Crippen molar-refractivity contribution >= 4 is 122 Å². The molecule has 0 radical (unpaired) electrons. The maximum absolute atomic E-state index is 11.9. The Balaban J connectivity index is 0.00000544. The second kappa shape index (κ2) is 14.6. The summed E-state index contributed by atoms with van der Waals surface area (Å²) in [5.74, 6) is -8.26. The van der Waals surface area contributed by atoms with Crippen molar-refractivity contribution < 1.29 is 89.0 Å². The molecular formula is C12H12Bi2NaO12S6+. The molecule has 0 bridgehead atoms.